The zero-order valence-corrected chi connectivity index (χ0v) is 21.7. The largest absolute Gasteiger partial charge is 0.312 e. The average Bonchev–Trinajstić information content (AvgIpc) is 3.00. The number of allylic oxidation sites excluding steroid dienone is 7. The van der Waals surface area contributed by atoms with Crippen LogP contribution in [0.2, 0.25) is 0 Å². The molecule has 1 aliphatic heterocycles. The highest BCUT2D eigenvalue weighted by molar-refractivity contribution is 8.03. The fourth-order valence-electron chi connectivity index (χ4n) is 5.12. The van der Waals surface area contributed by atoms with Crippen molar-refractivity contribution in [1.29, 1.82) is 0 Å². The molecule has 0 saturated carbocycles. The average molecular weight is 511 g/mol. The first-order valence-corrected chi connectivity index (χ1v) is 13.9. The number of nitrogens with zero attached hydrogens (tertiary/aromatic N) is 4. The number of benzene rings is 3. The predicted molar refractivity (Wildman–Crippen MR) is 157 cm³/mol. The summed E-state index contributed by atoms with van der Waals surface area (Å²) in [5, 5.41) is 0. The van der Waals surface area contributed by atoms with E-state index in [1.807, 2.05) is 42.1 Å². The van der Waals surface area contributed by atoms with Crippen LogP contribution >= 0.6 is 11.8 Å². The van der Waals surface area contributed by atoms with Gasteiger partial charge in [0, 0.05) is 37.9 Å². The smallest absolute Gasteiger partial charge is 0.164 e. The van der Waals surface area contributed by atoms with E-state index in [2.05, 4.69) is 83.8 Å². The van der Waals surface area contributed by atoms with Crippen LogP contribution in [0.4, 0.5) is 11.4 Å². The fraction of sp³-hybridized carbons (Fsp3) is 0.121. The van der Waals surface area contributed by atoms with Crippen LogP contribution in [0.5, 0.6) is 0 Å². The molecule has 0 saturated heterocycles. The van der Waals surface area contributed by atoms with Crippen LogP contribution in [-0.4, -0.2) is 15.0 Å². The number of hydrogen-bond acceptors (Lipinski definition) is 5. The molecular weight excluding hydrogens is 484 g/mol. The Kier molecular flexibility index (Phi) is 5.99. The summed E-state index contributed by atoms with van der Waals surface area (Å²) in [5.41, 5.74) is 6.78. The molecule has 3 aromatic carbocycles. The third kappa shape index (κ3) is 4.29. The number of hydrogen-bond donors (Lipinski definition) is 0. The third-order valence-corrected chi connectivity index (χ3v) is 8.16. The highest BCUT2D eigenvalue weighted by Crippen LogP contribution is 2.49. The molecule has 184 valence electrons. The second kappa shape index (κ2) is 9.92. The molecular formula is C33H26N4S. The monoisotopic (exact) mass is 510 g/mol. The van der Waals surface area contributed by atoms with E-state index in [1.165, 1.54) is 21.2 Å². The molecule has 0 fully saturated rings. The standard InChI is InChI=1S/C33H26N4S/c1-3-11-23(12-4-1)31-34-32(24-13-5-2-6-14-24)36-33(35-31)25-19-21-26(22-20-25)37-27-15-7-9-17-29(27)38-30-18-10-8-16-28(30)37/h1,3-5,7,9-15,17-22H,2,6,8,16H2. The Balaban J connectivity index is 1.30. The van der Waals surface area contributed by atoms with Gasteiger partial charge in [0.25, 0.3) is 0 Å². The van der Waals surface area contributed by atoms with Crippen molar-refractivity contribution in [3.8, 4) is 22.8 Å². The summed E-state index contributed by atoms with van der Waals surface area (Å²) >= 11 is 1.87. The first-order valence-electron chi connectivity index (χ1n) is 13.1. The van der Waals surface area contributed by atoms with Crippen molar-refractivity contribution in [2.45, 2.75) is 30.6 Å². The van der Waals surface area contributed by atoms with Gasteiger partial charge in [0.15, 0.2) is 17.5 Å². The van der Waals surface area contributed by atoms with Gasteiger partial charge in [0.05, 0.1) is 5.69 Å². The van der Waals surface area contributed by atoms with Gasteiger partial charge in [-0.3, -0.25) is 0 Å². The van der Waals surface area contributed by atoms with Gasteiger partial charge in [-0.25, -0.2) is 15.0 Å². The molecule has 4 aromatic rings. The number of thioether (sulfide) groups is 1. The summed E-state index contributed by atoms with van der Waals surface area (Å²) in [7, 11) is 0. The van der Waals surface area contributed by atoms with Crippen LogP contribution in [0, 0.1) is 0 Å². The fourth-order valence-corrected chi connectivity index (χ4v) is 6.24. The molecule has 1 aromatic heterocycles. The molecule has 2 heterocycles. The highest BCUT2D eigenvalue weighted by Gasteiger charge is 2.27. The molecule has 7 rings (SSSR count). The van der Waals surface area contributed by atoms with E-state index >= 15 is 0 Å². The highest BCUT2D eigenvalue weighted by atomic mass is 32.2. The Morgan fingerprint density at radius 3 is 2.13 bits per heavy atom. The molecule has 4 nitrogen and oxygen atoms in total. The van der Waals surface area contributed by atoms with Crippen molar-refractivity contribution < 1.29 is 0 Å². The van der Waals surface area contributed by atoms with E-state index < -0.39 is 0 Å². The molecule has 0 amide bonds. The number of para-hydroxylation sites is 1. The quantitative estimate of drug-likeness (QED) is 0.274. The molecule has 0 spiro atoms. The lowest BCUT2D eigenvalue weighted by Gasteiger charge is -2.35. The first kappa shape index (κ1) is 22.9. The Hall–Kier alpha value is -4.22. The Morgan fingerprint density at radius 1 is 0.632 bits per heavy atom. The molecule has 3 aliphatic rings. The zero-order chi connectivity index (χ0) is 25.3. The van der Waals surface area contributed by atoms with Crippen LogP contribution in [0.15, 0.2) is 125 Å². The van der Waals surface area contributed by atoms with Crippen molar-refractivity contribution in [2.24, 2.45) is 0 Å². The lowest BCUT2D eigenvalue weighted by Crippen LogP contribution is -2.22. The minimum absolute atomic E-state index is 0.690. The van der Waals surface area contributed by atoms with Crippen LogP contribution in [-0.2, 0) is 0 Å². The Labute approximate surface area is 227 Å². The summed E-state index contributed by atoms with van der Waals surface area (Å²) in [4.78, 5) is 19.7. The Bertz CT molecular complexity index is 1630. The molecule has 0 bridgehead atoms. The summed E-state index contributed by atoms with van der Waals surface area (Å²) in [6.07, 6.45) is 15.2. The minimum atomic E-state index is 0.690. The molecule has 0 N–H and O–H groups in total. The second-order valence-corrected chi connectivity index (χ2v) is 10.6. The summed E-state index contributed by atoms with van der Waals surface area (Å²) in [6.45, 7) is 0. The molecule has 0 radical (unpaired) electrons. The van der Waals surface area contributed by atoms with E-state index in [1.54, 1.807) is 0 Å². The van der Waals surface area contributed by atoms with E-state index in [9.17, 15) is 0 Å². The SMILES string of the molecule is C1=CC(c2nc(-c3ccccc3)nc(-c3ccc(N4C5=C(C=CCC5)Sc5ccccc54)cc3)n2)=CCC1. The maximum absolute atomic E-state index is 4.92. The maximum Gasteiger partial charge on any atom is 0.164 e. The van der Waals surface area contributed by atoms with Crippen molar-refractivity contribution in [1.82, 2.24) is 15.0 Å². The maximum atomic E-state index is 4.92. The molecule has 38 heavy (non-hydrogen) atoms. The van der Waals surface area contributed by atoms with Gasteiger partial charge in [-0.2, -0.15) is 0 Å². The topological polar surface area (TPSA) is 41.9 Å². The van der Waals surface area contributed by atoms with Crippen LogP contribution in [0.1, 0.15) is 31.5 Å². The summed E-state index contributed by atoms with van der Waals surface area (Å²) in [5.74, 6) is 2.11. The summed E-state index contributed by atoms with van der Waals surface area (Å²) in [6, 6.07) is 27.5. The Morgan fingerprint density at radius 2 is 1.34 bits per heavy atom. The number of fused-ring (bicyclic) bond motifs is 1. The molecule has 5 heteroatoms. The van der Waals surface area contributed by atoms with Crippen LogP contribution < -0.4 is 4.90 Å². The normalized spacial score (nSPS) is 16.2. The van der Waals surface area contributed by atoms with Crippen molar-refractivity contribution >= 4 is 28.7 Å². The number of anilines is 2. The van der Waals surface area contributed by atoms with Crippen LogP contribution in [0.3, 0.4) is 0 Å². The number of aromatic nitrogens is 3. The third-order valence-electron chi connectivity index (χ3n) is 7.00. The lowest BCUT2D eigenvalue weighted by atomic mass is 10.1. The number of rotatable bonds is 4. The van der Waals surface area contributed by atoms with Gasteiger partial charge in [-0.1, -0.05) is 84.6 Å². The van der Waals surface area contributed by atoms with E-state index in [0.29, 0.717) is 11.6 Å². The molecule has 0 atom stereocenters. The van der Waals surface area contributed by atoms with E-state index in [0.717, 1.165) is 53.9 Å². The van der Waals surface area contributed by atoms with Gasteiger partial charge in [0.1, 0.15) is 0 Å². The van der Waals surface area contributed by atoms with Gasteiger partial charge in [-0.15, -0.1) is 0 Å². The van der Waals surface area contributed by atoms with E-state index in [4.69, 9.17) is 15.0 Å². The zero-order valence-electron chi connectivity index (χ0n) is 20.9. The van der Waals surface area contributed by atoms with Gasteiger partial charge >= 0.3 is 0 Å². The van der Waals surface area contributed by atoms with E-state index in [-0.39, 0.29) is 0 Å². The van der Waals surface area contributed by atoms with Gasteiger partial charge < -0.3 is 4.90 Å². The van der Waals surface area contributed by atoms with Crippen molar-refractivity contribution in [3.63, 3.8) is 0 Å². The minimum Gasteiger partial charge on any atom is -0.312 e. The first-order chi connectivity index (χ1) is 18.8. The van der Waals surface area contributed by atoms with Gasteiger partial charge in [0.2, 0.25) is 0 Å². The van der Waals surface area contributed by atoms with Gasteiger partial charge in [-0.05, 0) is 62.1 Å². The van der Waals surface area contributed by atoms with Crippen molar-refractivity contribution in [2.75, 3.05) is 4.90 Å². The predicted octanol–water partition coefficient (Wildman–Crippen LogP) is 8.74. The lowest BCUT2D eigenvalue weighted by molar-refractivity contribution is 0.903. The second-order valence-electron chi connectivity index (χ2n) is 9.52. The molecule has 0 unspecified atom stereocenters. The van der Waals surface area contributed by atoms with Crippen molar-refractivity contribution in [3.05, 3.63) is 126 Å². The summed E-state index contributed by atoms with van der Waals surface area (Å²) < 4.78 is 0. The molecule has 2 aliphatic carbocycles. The van der Waals surface area contributed by atoms with Crippen LogP contribution in [0.25, 0.3) is 28.3 Å².